The second-order valence-corrected chi connectivity index (χ2v) is 4.43. The zero-order valence-electron chi connectivity index (χ0n) is 11.2. The van der Waals surface area contributed by atoms with Crippen molar-refractivity contribution in [3.63, 3.8) is 0 Å². The predicted octanol–water partition coefficient (Wildman–Crippen LogP) is 0.658. The Morgan fingerprint density at radius 1 is 1.50 bits per heavy atom. The Balaban J connectivity index is 2.51. The van der Waals surface area contributed by atoms with Crippen LogP contribution in [0.15, 0.2) is 12.7 Å². The number of rotatable bonds is 5. The van der Waals surface area contributed by atoms with E-state index < -0.39 is 0 Å². The molecule has 1 saturated heterocycles. The molecule has 1 aliphatic rings. The third-order valence-corrected chi connectivity index (χ3v) is 3.27. The van der Waals surface area contributed by atoms with Crippen LogP contribution in [0.3, 0.4) is 0 Å². The number of hydrogen-bond acceptors (Lipinski definition) is 3. The molecule has 0 radical (unpaired) electrons. The summed E-state index contributed by atoms with van der Waals surface area (Å²) in [7, 11) is 1.77. The minimum Gasteiger partial charge on any atom is -0.379 e. The third kappa shape index (κ3) is 3.84. The van der Waals surface area contributed by atoms with E-state index >= 15 is 0 Å². The van der Waals surface area contributed by atoms with Crippen LogP contribution in [-0.4, -0.2) is 61.0 Å². The summed E-state index contributed by atoms with van der Waals surface area (Å²) < 4.78 is 5.36. The van der Waals surface area contributed by atoms with Crippen LogP contribution in [0.1, 0.15) is 19.8 Å². The van der Waals surface area contributed by atoms with Crippen molar-refractivity contribution in [2.24, 2.45) is 0 Å². The molecule has 102 valence electrons. The monoisotopic (exact) mass is 254 g/mol. The maximum Gasteiger partial charge on any atom is 0.246 e. The molecule has 1 rings (SSSR count). The standard InChI is InChI=1S/C13H22N2O3/c1-4-12(16)15(5-2)9-13(17)14(3)11-7-6-8-18-10-11/h4,11H,1,5-10H2,2-3H3. The lowest BCUT2D eigenvalue weighted by Crippen LogP contribution is -2.47. The molecule has 1 unspecified atom stereocenters. The Hall–Kier alpha value is -1.36. The SMILES string of the molecule is C=CC(=O)N(CC)CC(=O)N(C)C1CCCOC1. The summed E-state index contributed by atoms with van der Waals surface area (Å²) in [6.07, 6.45) is 3.18. The van der Waals surface area contributed by atoms with E-state index in [1.807, 2.05) is 6.92 Å². The Morgan fingerprint density at radius 3 is 2.72 bits per heavy atom. The molecular formula is C13H22N2O3. The van der Waals surface area contributed by atoms with E-state index in [9.17, 15) is 9.59 Å². The van der Waals surface area contributed by atoms with Crippen molar-refractivity contribution >= 4 is 11.8 Å². The third-order valence-electron chi connectivity index (χ3n) is 3.27. The van der Waals surface area contributed by atoms with Crippen LogP contribution in [0.2, 0.25) is 0 Å². The first-order valence-corrected chi connectivity index (χ1v) is 6.34. The molecule has 5 heteroatoms. The lowest BCUT2D eigenvalue weighted by atomic mass is 10.1. The van der Waals surface area contributed by atoms with Crippen molar-refractivity contribution in [3.8, 4) is 0 Å². The van der Waals surface area contributed by atoms with Gasteiger partial charge in [0.1, 0.15) is 0 Å². The highest BCUT2D eigenvalue weighted by molar-refractivity contribution is 5.90. The number of carbonyl (C=O) groups is 2. The fraction of sp³-hybridized carbons (Fsp3) is 0.692. The van der Waals surface area contributed by atoms with E-state index in [0.717, 1.165) is 19.4 Å². The van der Waals surface area contributed by atoms with E-state index in [1.165, 1.54) is 11.0 Å². The molecule has 0 bridgehead atoms. The zero-order chi connectivity index (χ0) is 13.5. The summed E-state index contributed by atoms with van der Waals surface area (Å²) in [5.41, 5.74) is 0. The Kier molecular flexibility index (Phi) is 5.85. The van der Waals surface area contributed by atoms with Crippen LogP contribution in [0, 0.1) is 0 Å². The molecule has 0 spiro atoms. The lowest BCUT2D eigenvalue weighted by Gasteiger charge is -2.32. The van der Waals surface area contributed by atoms with Crippen molar-refractivity contribution < 1.29 is 14.3 Å². The van der Waals surface area contributed by atoms with Gasteiger partial charge in [-0.3, -0.25) is 9.59 Å². The molecule has 0 saturated carbocycles. The number of nitrogens with zero attached hydrogens (tertiary/aromatic N) is 2. The minimum atomic E-state index is -0.209. The lowest BCUT2D eigenvalue weighted by molar-refractivity contribution is -0.140. The van der Waals surface area contributed by atoms with E-state index in [0.29, 0.717) is 13.2 Å². The van der Waals surface area contributed by atoms with Crippen LogP contribution in [0.25, 0.3) is 0 Å². The minimum absolute atomic E-state index is 0.0532. The summed E-state index contributed by atoms with van der Waals surface area (Å²) in [6, 6.07) is 0.129. The molecule has 0 aromatic carbocycles. The summed E-state index contributed by atoms with van der Waals surface area (Å²) in [5.74, 6) is -0.262. The van der Waals surface area contributed by atoms with Crippen molar-refractivity contribution in [1.82, 2.24) is 9.80 Å². The molecule has 2 amide bonds. The van der Waals surface area contributed by atoms with Gasteiger partial charge in [0.15, 0.2) is 0 Å². The summed E-state index contributed by atoms with van der Waals surface area (Å²) in [5, 5.41) is 0. The molecule has 1 heterocycles. The van der Waals surface area contributed by atoms with Gasteiger partial charge < -0.3 is 14.5 Å². The molecule has 5 nitrogen and oxygen atoms in total. The van der Waals surface area contributed by atoms with Gasteiger partial charge in [-0.25, -0.2) is 0 Å². The van der Waals surface area contributed by atoms with Crippen LogP contribution >= 0.6 is 0 Å². The molecule has 0 aromatic heterocycles. The maximum absolute atomic E-state index is 12.1. The van der Waals surface area contributed by atoms with Crippen molar-refractivity contribution in [3.05, 3.63) is 12.7 Å². The molecule has 0 N–H and O–H groups in total. The van der Waals surface area contributed by atoms with Gasteiger partial charge >= 0.3 is 0 Å². The highest BCUT2D eigenvalue weighted by atomic mass is 16.5. The molecule has 0 aromatic rings. The number of ether oxygens (including phenoxy) is 1. The van der Waals surface area contributed by atoms with Crippen LogP contribution in [-0.2, 0) is 14.3 Å². The molecule has 1 atom stereocenters. The Labute approximate surface area is 108 Å². The van der Waals surface area contributed by atoms with Gasteiger partial charge in [0.2, 0.25) is 11.8 Å². The van der Waals surface area contributed by atoms with Crippen molar-refractivity contribution in [1.29, 1.82) is 0 Å². The summed E-state index contributed by atoms with van der Waals surface area (Å²) >= 11 is 0. The molecule has 1 aliphatic heterocycles. The van der Waals surface area contributed by atoms with Crippen LogP contribution in [0.4, 0.5) is 0 Å². The number of hydrogen-bond donors (Lipinski definition) is 0. The van der Waals surface area contributed by atoms with Gasteiger partial charge in [-0.05, 0) is 25.8 Å². The van der Waals surface area contributed by atoms with Gasteiger partial charge in [-0.2, -0.15) is 0 Å². The van der Waals surface area contributed by atoms with Gasteiger partial charge in [-0.15, -0.1) is 0 Å². The average molecular weight is 254 g/mol. The molecule has 18 heavy (non-hydrogen) atoms. The van der Waals surface area contributed by atoms with Crippen molar-refractivity contribution in [2.45, 2.75) is 25.8 Å². The topological polar surface area (TPSA) is 49.9 Å². The van der Waals surface area contributed by atoms with E-state index in [-0.39, 0.29) is 24.4 Å². The van der Waals surface area contributed by atoms with Crippen molar-refractivity contribution in [2.75, 3.05) is 33.4 Å². The second-order valence-electron chi connectivity index (χ2n) is 4.43. The largest absolute Gasteiger partial charge is 0.379 e. The second kappa shape index (κ2) is 7.16. The fourth-order valence-corrected chi connectivity index (χ4v) is 1.98. The van der Waals surface area contributed by atoms with Gasteiger partial charge in [0.25, 0.3) is 0 Å². The van der Waals surface area contributed by atoms with Gasteiger partial charge in [0.05, 0.1) is 19.2 Å². The first-order chi connectivity index (χ1) is 8.60. The van der Waals surface area contributed by atoms with E-state index in [1.54, 1.807) is 11.9 Å². The Morgan fingerprint density at radius 2 is 2.22 bits per heavy atom. The molecule has 1 fully saturated rings. The number of likely N-dealkylation sites (N-methyl/N-ethyl adjacent to an activating group) is 2. The Bertz CT molecular complexity index is 311. The van der Waals surface area contributed by atoms with E-state index in [2.05, 4.69) is 6.58 Å². The highest BCUT2D eigenvalue weighted by Crippen LogP contribution is 2.12. The predicted molar refractivity (Wildman–Crippen MR) is 69.1 cm³/mol. The van der Waals surface area contributed by atoms with Crippen LogP contribution < -0.4 is 0 Å². The van der Waals surface area contributed by atoms with Gasteiger partial charge in [0, 0.05) is 20.2 Å². The summed E-state index contributed by atoms with van der Waals surface area (Å²) in [4.78, 5) is 26.7. The summed E-state index contributed by atoms with van der Waals surface area (Å²) in [6.45, 7) is 7.25. The first-order valence-electron chi connectivity index (χ1n) is 6.34. The smallest absolute Gasteiger partial charge is 0.246 e. The molecular weight excluding hydrogens is 232 g/mol. The fourth-order valence-electron chi connectivity index (χ4n) is 1.98. The quantitative estimate of drug-likeness (QED) is 0.677. The zero-order valence-corrected chi connectivity index (χ0v) is 11.2. The normalized spacial score (nSPS) is 19.1. The number of carbonyl (C=O) groups excluding carboxylic acids is 2. The maximum atomic E-state index is 12.1. The average Bonchev–Trinajstić information content (AvgIpc) is 2.43. The molecule has 0 aliphatic carbocycles. The highest BCUT2D eigenvalue weighted by Gasteiger charge is 2.24. The van der Waals surface area contributed by atoms with Gasteiger partial charge in [-0.1, -0.05) is 6.58 Å². The van der Waals surface area contributed by atoms with E-state index in [4.69, 9.17) is 4.74 Å². The first kappa shape index (κ1) is 14.7. The van der Waals surface area contributed by atoms with Crippen LogP contribution in [0.5, 0.6) is 0 Å². The number of amides is 2.